The number of aromatic amines is 1. The molecule has 0 aliphatic heterocycles. The summed E-state index contributed by atoms with van der Waals surface area (Å²) in [7, 11) is 6.37. The van der Waals surface area contributed by atoms with Gasteiger partial charge in [0.15, 0.2) is 0 Å². The van der Waals surface area contributed by atoms with Gasteiger partial charge < -0.3 is 52.4 Å². The van der Waals surface area contributed by atoms with Crippen molar-refractivity contribution < 1.29 is 57.0 Å². The Bertz CT molecular complexity index is 2520. The van der Waals surface area contributed by atoms with Crippen LogP contribution in [0.4, 0.5) is 4.79 Å². The van der Waals surface area contributed by atoms with Gasteiger partial charge in [-0.3, -0.25) is 4.98 Å². The molecule has 0 fully saturated rings. The highest BCUT2D eigenvalue weighted by Crippen LogP contribution is 2.35. The van der Waals surface area contributed by atoms with Gasteiger partial charge in [-0.1, -0.05) is 6.07 Å². The number of H-pyrrole nitrogens is 1. The average Bonchev–Trinajstić information content (AvgIpc) is 3.82. The fourth-order valence-corrected chi connectivity index (χ4v) is 6.80. The highest BCUT2D eigenvalue weighted by atomic mass is 16.6. The molecule has 3 aromatic heterocycles. The molecule has 7 rings (SSSR count). The molecular formula is C45H47N3O12. The minimum absolute atomic E-state index is 0.0740. The molecule has 7 aromatic rings. The standard InChI is InChI=1S/C45H47N3O12/c1-51-31-8-11-40-35(22-31)38-25-34(54-4)26-39(43(38)47-40)44(49)59-20-18-55-14-16-57-27-29-6-5-7-30(46-29)28-58-17-15-56-19-21-60-45(50)48-41-12-9-32(52-2)23-36(41)37-24-33(53-3)10-13-42(37)48/h5-13,22-26,47H,14-21,27-28H2,1-4H3. The van der Waals surface area contributed by atoms with Gasteiger partial charge in [0, 0.05) is 27.1 Å². The Balaban J connectivity index is 0.764. The third-order valence-corrected chi connectivity index (χ3v) is 9.73. The lowest BCUT2D eigenvalue weighted by Gasteiger charge is -2.10. The van der Waals surface area contributed by atoms with E-state index in [1.807, 2.05) is 66.7 Å². The number of pyridine rings is 1. The van der Waals surface area contributed by atoms with Crippen molar-refractivity contribution in [2.24, 2.45) is 0 Å². The number of aromatic nitrogens is 3. The molecule has 0 aliphatic rings. The molecule has 0 radical (unpaired) electrons. The molecule has 314 valence electrons. The van der Waals surface area contributed by atoms with Crippen LogP contribution in [0.15, 0.2) is 84.9 Å². The monoisotopic (exact) mass is 821 g/mol. The lowest BCUT2D eigenvalue weighted by molar-refractivity contribution is 0.0111. The van der Waals surface area contributed by atoms with Gasteiger partial charge in [-0.15, -0.1) is 0 Å². The maximum Gasteiger partial charge on any atom is 0.419 e. The van der Waals surface area contributed by atoms with Gasteiger partial charge in [-0.05, 0) is 78.9 Å². The summed E-state index contributed by atoms with van der Waals surface area (Å²) in [5.41, 5.74) is 4.80. The predicted octanol–water partition coefficient (Wildman–Crippen LogP) is 7.47. The Morgan fingerprint density at radius 3 is 1.62 bits per heavy atom. The van der Waals surface area contributed by atoms with Crippen LogP contribution in [0.2, 0.25) is 0 Å². The molecule has 0 bridgehead atoms. The number of nitrogens with zero attached hydrogens (tertiary/aromatic N) is 2. The van der Waals surface area contributed by atoms with Gasteiger partial charge in [0.05, 0.1) is 115 Å². The SMILES string of the molecule is COc1ccc2[nH]c3c(C(=O)OCCOCCOCc4cccc(COCCOCCOC(=O)n5c6ccc(OC)cc6c6cc(OC)ccc65)n4)cc(OC)cc3c2c1. The molecule has 0 unspecified atom stereocenters. The van der Waals surface area contributed by atoms with Gasteiger partial charge in [-0.2, -0.15) is 0 Å². The topological polar surface area (TPSA) is 160 Å². The highest BCUT2D eigenvalue weighted by Gasteiger charge is 2.20. The smallest absolute Gasteiger partial charge is 0.419 e. The van der Waals surface area contributed by atoms with Crippen molar-refractivity contribution in [2.75, 3.05) is 81.3 Å². The summed E-state index contributed by atoms with van der Waals surface area (Å²) in [6, 6.07) is 25.9. The summed E-state index contributed by atoms with van der Waals surface area (Å²) >= 11 is 0. The third kappa shape index (κ3) is 9.72. The summed E-state index contributed by atoms with van der Waals surface area (Å²) in [5.74, 6) is 2.13. The molecule has 0 aliphatic carbocycles. The number of rotatable bonds is 21. The number of methoxy groups -OCH3 is 4. The molecule has 3 heterocycles. The van der Waals surface area contributed by atoms with Crippen molar-refractivity contribution in [1.29, 1.82) is 0 Å². The Labute approximate surface area is 345 Å². The second-order valence-electron chi connectivity index (χ2n) is 13.4. The van der Waals surface area contributed by atoms with Crippen molar-refractivity contribution in [3.63, 3.8) is 0 Å². The van der Waals surface area contributed by atoms with Crippen LogP contribution in [0.1, 0.15) is 21.7 Å². The largest absolute Gasteiger partial charge is 0.497 e. The first-order valence-electron chi connectivity index (χ1n) is 19.3. The zero-order chi connectivity index (χ0) is 41.8. The molecule has 0 spiro atoms. The Morgan fingerprint density at radius 1 is 0.533 bits per heavy atom. The number of benzene rings is 4. The van der Waals surface area contributed by atoms with Gasteiger partial charge >= 0.3 is 12.1 Å². The number of carbonyl (C=O) groups excluding carboxylic acids is 2. The predicted molar refractivity (Wildman–Crippen MR) is 224 cm³/mol. The molecule has 0 amide bonds. The van der Waals surface area contributed by atoms with E-state index >= 15 is 0 Å². The fraction of sp³-hybridized carbons (Fsp3) is 0.311. The lowest BCUT2D eigenvalue weighted by atomic mass is 10.1. The molecule has 15 heteroatoms. The van der Waals surface area contributed by atoms with Crippen LogP contribution in [0.5, 0.6) is 23.0 Å². The molecule has 0 atom stereocenters. The third-order valence-electron chi connectivity index (χ3n) is 9.73. The van der Waals surface area contributed by atoms with E-state index in [0.29, 0.717) is 84.8 Å². The van der Waals surface area contributed by atoms with Crippen LogP contribution in [0.3, 0.4) is 0 Å². The van der Waals surface area contributed by atoms with Gasteiger partial charge in [-0.25, -0.2) is 14.2 Å². The fourth-order valence-electron chi connectivity index (χ4n) is 6.80. The minimum Gasteiger partial charge on any atom is -0.497 e. The second kappa shape index (κ2) is 20.0. The van der Waals surface area contributed by atoms with Gasteiger partial charge in [0.1, 0.15) is 36.2 Å². The van der Waals surface area contributed by atoms with Crippen LogP contribution in [0.25, 0.3) is 43.6 Å². The maximum absolute atomic E-state index is 13.2. The van der Waals surface area contributed by atoms with E-state index in [2.05, 4.69) is 9.97 Å². The summed E-state index contributed by atoms with van der Waals surface area (Å²) in [6.45, 7) is 2.47. The lowest BCUT2D eigenvalue weighted by Crippen LogP contribution is -2.17. The molecule has 1 N–H and O–H groups in total. The summed E-state index contributed by atoms with van der Waals surface area (Å²) < 4.78 is 57.0. The van der Waals surface area contributed by atoms with E-state index < -0.39 is 12.1 Å². The zero-order valence-electron chi connectivity index (χ0n) is 33.9. The van der Waals surface area contributed by atoms with Gasteiger partial charge in [0.2, 0.25) is 0 Å². The maximum atomic E-state index is 13.2. The number of nitrogens with one attached hydrogen (secondary N) is 1. The number of fused-ring (bicyclic) bond motifs is 6. The van der Waals surface area contributed by atoms with Crippen LogP contribution in [0, 0.1) is 0 Å². The first-order chi connectivity index (χ1) is 29.4. The van der Waals surface area contributed by atoms with E-state index in [1.54, 1.807) is 51.2 Å². The molecule has 15 nitrogen and oxygen atoms in total. The Hall–Kier alpha value is -6.39. The van der Waals surface area contributed by atoms with E-state index in [-0.39, 0.29) is 26.4 Å². The van der Waals surface area contributed by atoms with Crippen molar-refractivity contribution in [2.45, 2.75) is 13.2 Å². The van der Waals surface area contributed by atoms with Crippen molar-refractivity contribution >= 4 is 55.7 Å². The quantitative estimate of drug-likeness (QED) is 0.0563. The average molecular weight is 822 g/mol. The normalized spacial score (nSPS) is 11.4. The first kappa shape index (κ1) is 41.8. The first-order valence-corrected chi connectivity index (χ1v) is 19.3. The summed E-state index contributed by atoms with van der Waals surface area (Å²) in [5, 5.41) is 3.44. The van der Waals surface area contributed by atoms with Crippen molar-refractivity contribution in [1.82, 2.24) is 14.5 Å². The minimum atomic E-state index is -0.508. The number of hydrogen-bond donors (Lipinski definition) is 1. The molecule has 0 saturated heterocycles. The van der Waals surface area contributed by atoms with E-state index in [4.69, 9.17) is 47.4 Å². The van der Waals surface area contributed by atoms with Gasteiger partial charge in [0.25, 0.3) is 0 Å². The van der Waals surface area contributed by atoms with Crippen LogP contribution in [-0.4, -0.2) is 108 Å². The summed E-state index contributed by atoms with van der Waals surface area (Å²) in [6.07, 6.45) is -0.508. The van der Waals surface area contributed by atoms with E-state index in [0.717, 1.165) is 38.4 Å². The zero-order valence-corrected chi connectivity index (χ0v) is 33.9. The Kier molecular flexibility index (Phi) is 14.0. The number of ether oxygens (including phenoxy) is 10. The molecule has 60 heavy (non-hydrogen) atoms. The van der Waals surface area contributed by atoms with Crippen LogP contribution < -0.4 is 18.9 Å². The Morgan fingerprint density at radius 2 is 1.03 bits per heavy atom. The molecule has 0 saturated carbocycles. The van der Waals surface area contributed by atoms with Crippen molar-refractivity contribution in [3.8, 4) is 23.0 Å². The molecule has 4 aromatic carbocycles. The van der Waals surface area contributed by atoms with E-state index in [1.165, 1.54) is 0 Å². The number of carbonyl (C=O) groups is 2. The second-order valence-corrected chi connectivity index (χ2v) is 13.4. The van der Waals surface area contributed by atoms with Crippen LogP contribution in [-0.2, 0) is 41.6 Å². The highest BCUT2D eigenvalue weighted by molar-refractivity contribution is 6.15. The number of esters is 1. The van der Waals surface area contributed by atoms with Crippen LogP contribution >= 0.6 is 0 Å². The summed E-state index contributed by atoms with van der Waals surface area (Å²) in [4.78, 5) is 34.2. The molecular weight excluding hydrogens is 775 g/mol. The number of hydrogen-bond acceptors (Lipinski definition) is 13. The van der Waals surface area contributed by atoms with E-state index in [9.17, 15) is 9.59 Å². The van der Waals surface area contributed by atoms with Crippen molar-refractivity contribution in [3.05, 3.63) is 102 Å².